The lowest BCUT2D eigenvalue weighted by molar-refractivity contribution is -0.130. The lowest BCUT2D eigenvalue weighted by Gasteiger charge is -2.24. The van der Waals surface area contributed by atoms with E-state index in [2.05, 4.69) is 26.5 Å². The molecule has 0 spiro atoms. The minimum atomic E-state index is -0.727. The Morgan fingerprint density at radius 2 is 2.04 bits per heavy atom. The first-order chi connectivity index (χ1) is 12.0. The molecule has 2 aromatic carbocycles. The summed E-state index contributed by atoms with van der Waals surface area (Å²) in [7, 11) is 3.94. The summed E-state index contributed by atoms with van der Waals surface area (Å²) >= 11 is 3.52. The normalized spacial score (nSPS) is 15.9. The van der Waals surface area contributed by atoms with Gasteiger partial charge in [0.15, 0.2) is 11.5 Å². The molecule has 25 heavy (non-hydrogen) atoms. The van der Waals surface area contributed by atoms with Crippen LogP contribution < -0.4 is 19.8 Å². The minimum absolute atomic E-state index is 0.154. The van der Waals surface area contributed by atoms with E-state index in [4.69, 9.17) is 9.47 Å². The van der Waals surface area contributed by atoms with Crippen molar-refractivity contribution in [1.82, 2.24) is 5.43 Å². The Kier molecular flexibility index (Phi) is 5.23. The SMILES string of the molecule is CN(C)c1ccc(/C=N\NC(=O)[C@H]2COc3ccccc3O2)cc1Br. The van der Waals surface area contributed by atoms with Gasteiger partial charge in [0.05, 0.1) is 11.9 Å². The van der Waals surface area contributed by atoms with Gasteiger partial charge in [0.2, 0.25) is 6.10 Å². The van der Waals surface area contributed by atoms with Crippen LogP contribution in [-0.4, -0.2) is 38.9 Å². The molecule has 3 rings (SSSR count). The van der Waals surface area contributed by atoms with Crippen LogP contribution in [0.5, 0.6) is 11.5 Å². The van der Waals surface area contributed by atoms with Gasteiger partial charge in [0, 0.05) is 18.6 Å². The van der Waals surface area contributed by atoms with Crippen LogP contribution in [0.1, 0.15) is 5.56 Å². The van der Waals surface area contributed by atoms with Crippen molar-refractivity contribution >= 4 is 33.7 Å². The van der Waals surface area contributed by atoms with E-state index in [-0.39, 0.29) is 12.5 Å². The van der Waals surface area contributed by atoms with Crippen molar-refractivity contribution < 1.29 is 14.3 Å². The van der Waals surface area contributed by atoms with Crippen LogP contribution in [0.25, 0.3) is 0 Å². The number of hydrogen-bond donors (Lipinski definition) is 1. The summed E-state index contributed by atoms with van der Waals surface area (Å²) in [5.41, 5.74) is 4.42. The molecule has 0 radical (unpaired) electrons. The molecule has 7 heteroatoms. The van der Waals surface area contributed by atoms with Crippen molar-refractivity contribution in [3.8, 4) is 11.5 Å². The first kappa shape index (κ1) is 17.3. The summed E-state index contributed by atoms with van der Waals surface area (Å²) in [6.45, 7) is 0.154. The first-order valence-corrected chi connectivity index (χ1v) is 8.52. The van der Waals surface area contributed by atoms with Crippen LogP contribution in [-0.2, 0) is 4.79 Å². The van der Waals surface area contributed by atoms with E-state index in [1.54, 1.807) is 18.3 Å². The fourth-order valence-electron chi connectivity index (χ4n) is 2.36. The van der Waals surface area contributed by atoms with Crippen LogP contribution in [0.3, 0.4) is 0 Å². The Morgan fingerprint density at radius 1 is 1.28 bits per heavy atom. The van der Waals surface area contributed by atoms with Gasteiger partial charge in [-0.25, -0.2) is 5.43 Å². The topological polar surface area (TPSA) is 63.2 Å². The standard InChI is InChI=1S/C18H18BrN3O3/c1-22(2)14-8-7-12(9-13(14)19)10-20-21-18(23)17-11-24-15-5-3-4-6-16(15)25-17/h3-10,17H,11H2,1-2H3,(H,21,23)/b20-10-/t17-/m1/s1. The zero-order valence-electron chi connectivity index (χ0n) is 13.9. The number of amides is 1. The largest absolute Gasteiger partial charge is 0.485 e. The van der Waals surface area contributed by atoms with Gasteiger partial charge in [-0.05, 0) is 45.8 Å². The van der Waals surface area contributed by atoms with Crippen LogP contribution >= 0.6 is 15.9 Å². The number of carbonyl (C=O) groups is 1. The zero-order valence-corrected chi connectivity index (χ0v) is 15.5. The summed E-state index contributed by atoms with van der Waals surface area (Å²) in [5.74, 6) is 0.844. The number of carbonyl (C=O) groups excluding carboxylic acids is 1. The second-order valence-electron chi connectivity index (χ2n) is 5.70. The molecule has 130 valence electrons. The highest BCUT2D eigenvalue weighted by atomic mass is 79.9. The Morgan fingerprint density at radius 3 is 2.76 bits per heavy atom. The van der Waals surface area contributed by atoms with Crippen LogP contribution in [0, 0.1) is 0 Å². The number of hydrogen-bond acceptors (Lipinski definition) is 5. The number of anilines is 1. The number of fused-ring (bicyclic) bond motifs is 1. The summed E-state index contributed by atoms with van der Waals surface area (Å²) in [6.07, 6.45) is 0.856. The molecule has 0 unspecified atom stereocenters. The molecule has 0 saturated heterocycles. The van der Waals surface area contributed by atoms with E-state index >= 15 is 0 Å². The second kappa shape index (κ2) is 7.57. The van der Waals surface area contributed by atoms with E-state index in [0.717, 1.165) is 15.7 Å². The molecule has 1 heterocycles. The number of para-hydroxylation sites is 2. The summed E-state index contributed by atoms with van der Waals surface area (Å²) in [4.78, 5) is 14.2. The number of nitrogens with one attached hydrogen (secondary N) is 1. The number of rotatable bonds is 4. The number of ether oxygens (including phenoxy) is 2. The highest BCUT2D eigenvalue weighted by Crippen LogP contribution is 2.30. The highest BCUT2D eigenvalue weighted by molar-refractivity contribution is 9.10. The van der Waals surface area contributed by atoms with Crippen LogP contribution in [0.4, 0.5) is 5.69 Å². The predicted molar refractivity (Wildman–Crippen MR) is 101 cm³/mol. The van der Waals surface area contributed by atoms with Gasteiger partial charge in [-0.15, -0.1) is 0 Å². The molecular weight excluding hydrogens is 386 g/mol. The molecule has 1 N–H and O–H groups in total. The van der Waals surface area contributed by atoms with Gasteiger partial charge in [0.25, 0.3) is 5.91 Å². The van der Waals surface area contributed by atoms with Gasteiger partial charge in [-0.3, -0.25) is 4.79 Å². The minimum Gasteiger partial charge on any atom is -0.485 e. The van der Waals surface area contributed by atoms with Crippen molar-refractivity contribution in [2.45, 2.75) is 6.10 Å². The third-order valence-electron chi connectivity index (χ3n) is 3.64. The molecule has 6 nitrogen and oxygen atoms in total. The van der Waals surface area contributed by atoms with Crippen molar-refractivity contribution in [3.05, 3.63) is 52.5 Å². The summed E-state index contributed by atoms with van der Waals surface area (Å²) in [6, 6.07) is 13.1. The molecule has 1 aliphatic rings. The lowest BCUT2D eigenvalue weighted by atomic mass is 10.2. The van der Waals surface area contributed by atoms with E-state index in [0.29, 0.717) is 11.5 Å². The third kappa shape index (κ3) is 4.11. The fourth-order valence-corrected chi connectivity index (χ4v) is 3.11. The molecule has 0 saturated carbocycles. The molecule has 0 bridgehead atoms. The third-order valence-corrected chi connectivity index (χ3v) is 4.28. The van der Waals surface area contributed by atoms with E-state index in [1.165, 1.54) is 0 Å². The average Bonchev–Trinajstić information content (AvgIpc) is 2.61. The Hall–Kier alpha value is -2.54. The molecule has 0 aliphatic carbocycles. The van der Waals surface area contributed by atoms with Gasteiger partial charge < -0.3 is 14.4 Å². The molecule has 2 aromatic rings. The summed E-state index contributed by atoms with van der Waals surface area (Å²) < 4.78 is 12.1. The maximum absolute atomic E-state index is 12.2. The maximum Gasteiger partial charge on any atom is 0.284 e. The molecule has 0 aromatic heterocycles. The molecule has 1 amide bonds. The van der Waals surface area contributed by atoms with Crippen molar-refractivity contribution in [2.24, 2.45) is 5.10 Å². The quantitative estimate of drug-likeness (QED) is 0.629. The Labute approximate surface area is 154 Å². The van der Waals surface area contributed by atoms with Gasteiger partial charge in [-0.1, -0.05) is 18.2 Å². The van der Waals surface area contributed by atoms with E-state index in [9.17, 15) is 4.79 Å². The molecule has 0 fully saturated rings. The van der Waals surface area contributed by atoms with Crippen molar-refractivity contribution in [3.63, 3.8) is 0 Å². The maximum atomic E-state index is 12.2. The monoisotopic (exact) mass is 403 g/mol. The zero-order chi connectivity index (χ0) is 17.8. The predicted octanol–water partition coefficient (Wildman–Crippen LogP) is 2.81. The fraction of sp³-hybridized carbons (Fsp3) is 0.222. The molecular formula is C18H18BrN3O3. The van der Waals surface area contributed by atoms with Crippen molar-refractivity contribution in [1.29, 1.82) is 0 Å². The van der Waals surface area contributed by atoms with Crippen molar-refractivity contribution in [2.75, 3.05) is 25.6 Å². The van der Waals surface area contributed by atoms with Gasteiger partial charge in [-0.2, -0.15) is 5.10 Å². The highest BCUT2D eigenvalue weighted by Gasteiger charge is 2.26. The Bertz CT molecular complexity index is 808. The molecule has 1 aliphatic heterocycles. The summed E-state index contributed by atoms with van der Waals surface area (Å²) in [5, 5.41) is 3.99. The van der Waals surface area contributed by atoms with Crippen LogP contribution in [0.2, 0.25) is 0 Å². The smallest absolute Gasteiger partial charge is 0.284 e. The molecule has 1 atom stereocenters. The second-order valence-corrected chi connectivity index (χ2v) is 6.56. The Balaban J connectivity index is 1.59. The van der Waals surface area contributed by atoms with Crippen LogP contribution in [0.15, 0.2) is 52.0 Å². The lowest BCUT2D eigenvalue weighted by Crippen LogP contribution is -2.42. The first-order valence-electron chi connectivity index (χ1n) is 7.73. The van der Waals surface area contributed by atoms with Gasteiger partial charge >= 0.3 is 0 Å². The van der Waals surface area contributed by atoms with Gasteiger partial charge in [0.1, 0.15) is 6.61 Å². The number of halogens is 1. The number of nitrogens with zero attached hydrogens (tertiary/aromatic N) is 2. The average molecular weight is 404 g/mol. The number of hydrazone groups is 1. The van der Waals surface area contributed by atoms with E-state index in [1.807, 2.05) is 49.3 Å². The van der Waals surface area contributed by atoms with E-state index < -0.39 is 6.10 Å². The number of benzene rings is 2.